The minimum absolute atomic E-state index is 0.0782. The molecule has 0 fully saturated rings. The minimum atomic E-state index is -0.0782. The summed E-state index contributed by atoms with van der Waals surface area (Å²) in [5, 5.41) is 9.09. The molecule has 0 unspecified atom stereocenters. The Labute approximate surface area is 96.8 Å². The van der Waals surface area contributed by atoms with Gasteiger partial charge in [0.1, 0.15) is 0 Å². The van der Waals surface area contributed by atoms with Crippen LogP contribution >= 0.6 is 0 Å². The van der Waals surface area contributed by atoms with Crippen LogP contribution in [0.5, 0.6) is 0 Å². The van der Waals surface area contributed by atoms with Gasteiger partial charge in [-0.25, -0.2) is 0 Å². The molecule has 0 bridgehead atoms. The lowest BCUT2D eigenvalue weighted by atomic mass is 9.82. The van der Waals surface area contributed by atoms with Gasteiger partial charge < -0.3 is 4.90 Å². The summed E-state index contributed by atoms with van der Waals surface area (Å²) < 4.78 is 0. The molecule has 0 aromatic heterocycles. The largest absolute Gasteiger partial charge is 0.346 e. The van der Waals surface area contributed by atoms with E-state index < -0.39 is 0 Å². The van der Waals surface area contributed by atoms with Gasteiger partial charge in [0, 0.05) is 29.4 Å². The monoisotopic (exact) mass is 212 g/mol. The van der Waals surface area contributed by atoms with Crippen LogP contribution in [0, 0.1) is 11.3 Å². The van der Waals surface area contributed by atoms with Crippen molar-refractivity contribution in [2.45, 2.75) is 26.2 Å². The number of nitriles is 1. The number of para-hydroxylation sites is 1. The van der Waals surface area contributed by atoms with E-state index in [1.807, 2.05) is 20.0 Å². The zero-order chi connectivity index (χ0) is 11.9. The van der Waals surface area contributed by atoms with Crippen molar-refractivity contribution in [3.05, 3.63) is 41.1 Å². The van der Waals surface area contributed by atoms with Gasteiger partial charge in [-0.1, -0.05) is 32.0 Å². The zero-order valence-electron chi connectivity index (χ0n) is 10.2. The van der Waals surface area contributed by atoms with Crippen molar-refractivity contribution in [2.24, 2.45) is 0 Å². The summed E-state index contributed by atoms with van der Waals surface area (Å²) in [5.74, 6) is 0. The van der Waals surface area contributed by atoms with E-state index in [4.69, 9.17) is 5.26 Å². The number of likely N-dealkylation sites (N-methyl/N-ethyl adjacent to an activating group) is 1. The molecule has 0 aliphatic carbocycles. The summed E-state index contributed by atoms with van der Waals surface area (Å²) >= 11 is 0. The molecule has 0 spiro atoms. The van der Waals surface area contributed by atoms with Crippen molar-refractivity contribution in [1.29, 1.82) is 5.26 Å². The number of hydrogen-bond acceptors (Lipinski definition) is 2. The van der Waals surface area contributed by atoms with E-state index in [-0.39, 0.29) is 5.41 Å². The summed E-state index contributed by atoms with van der Waals surface area (Å²) in [6, 6.07) is 10.6. The van der Waals surface area contributed by atoms with E-state index in [1.165, 1.54) is 11.3 Å². The standard InChI is InChI=1S/C14H16N2/c1-10(9-15)13-14(2,3)11-7-5-6-8-12(11)16(13)4/h5-8H,1-4H3/b13-10+. The molecule has 16 heavy (non-hydrogen) atoms. The molecule has 0 saturated heterocycles. The summed E-state index contributed by atoms with van der Waals surface area (Å²) in [6.45, 7) is 6.23. The number of benzene rings is 1. The lowest BCUT2D eigenvalue weighted by Gasteiger charge is -2.24. The van der Waals surface area contributed by atoms with Crippen LogP contribution in [-0.2, 0) is 5.41 Å². The average molecular weight is 212 g/mol. The molecule has 82 valence electrons. The number of allylic oxidation sites excluding steroid dienone is 2. The van der Waals surface area contributed by atoms with Gasteiger partial charge in [-0.15, -0.1) is 0 Å². The van der Waals surface area contributed by atoms with Crippen LogP contribution in [0.25, 0.3) is 0 Å². The maximum atomic E-state index is 9.09. The lowest BCUT2D eigenvalue weighted by Crippen LogP contribution is -2.24. The maximum Gasteiger partial charge on any atom is 0.0962 e. The number of fused-ring (bicyclic) bond motifs is 1. The SMILES string of the molecule is C/C(C#N)=C1\N(C)c2ccccc2C1(C)C. The van der Waals surface area contributed by atoms with Crippen LogP contribution < -0.4 is 4.90 Å². The van der Waals surface area contributed by atoms with Gasteiger partial charge >= 0.3 is 0 Å². The fraction of sp³-hybridized carbons (Fsp3) is 0.357. The molecule has 1 aliphatic heterocycles. The highest BCUT2D eigenvalue weighted by molar-refractivity contribution is 5.71. The Balaban J connectivity index is 2.73. The summed E-state index contributed by atoms with van der Waals surface area (Å²) in [6.07, 6.45) is 0. The van der Waals surface area contributed by atoms with Crippen LogP contribution in [-0.4, -0.2) is 7.05 Å². The van der Waals surface area contributed by atoms with E-state index in [2.05, 4.69) is 43.0 Å². The predicted molar refractivity (Wildman–Crippen MR) is 66.2 cm³/mol. The van der Waals surface area contributed by atoms with Crippen LogP contribution in [0.1, 0.15) is 26.3 Å². The Morgan fingerprint density at radius 1 is 1.31 bits per heavy atom. The summed E-state index contributed by atoms with van der Waals surface area (Å²) in [4.78, 5) is 2.13. The van der Waals surface area contributed by atoms with Gasteiger partial charge in [-0.3, -0.25) is 0 Å². The lowest BCUT2D eigenvalue weighted by molar-refractivity contribution is 0.635. The van der Waals surface area contributed by atoms with E-state index in [1.54, 1.807) is 0 Å². The van der Waals surface area contributed by atoms with Crippen molar-refractivity contribution in [3.8, 4) is 6.07 Å². The Kier molecular flexibility index (Phi) is 2.27. The fourth-order valence-corrected chi connectivity index (χ4v) is 2.74. The van der Waals surface area contributed by atoms with Gasteiger partial charge in [-0.2, -0.15) is 5.26 Å². The molecule has 1 heterocycles. The summed E-state index contributed by atoms with van der Waals surface area (Å²) in [7, 11) is 2.03. The number of nitrogens with zero attached hydrogens (tertiary/aromatic N) is 2. The van der Waals surface area contributed by atoms with Crippen LogP contribution in [0.15, 0.2) is 35.5 Å². The molecule has 0 saturated carbocycles. The molecule has 1 aromatic carbocycles. The van der Waals surface area contributed by atoms with E-state index in [9.17, 15) is 0 Å². The number of hydrogen-bond donors (Lipinski definition) is 0. The topological polar surface area (TPSA) is 27.0 Å². The molecule has 1 aromatic rings. The van der Waals surface area contributed by atoms with Crippen molar-refractivity contribution >= 4 is 5.69 Å². The zero-order valence-corrected chi connectivity index (χ0v) is 10.2. The summed E-state index contributed by atoms with van der Waals surface area (Å²) in [5.41, 5.74) is 4.32. The molecule has 2 nitrogen and oxygen atoms in total. The molecule has 0 radical (unpaired) electrons. The number of rotatable bonds is 0. The third-order valence-electron chi connectivity index (χ3n) is 3.39. The molecular formula is C14H16N2. The van der Waals surface area contributed by atoms with Crippen molar-refractivity contribution in [1.82, 2.24) is 0 Å². The van der Waals surface area contributed by atoms with Crippen LogP contribution in [0.4, 0.5) is 5.69 Å². The first kappa shape index (κ1) is 10.8. The van der Waals surface area contributed by atoms with Crippen molar-refractivity contribution in [3.63, 3.8) is 0 Å². The van der Waals surface area contributed by atoms with Crippen LogP contribution in [0.3, 0.4) is 0 Å². The minimum Gasteiger partial charge on any atom is -0.346 e. The highest BCUT2D eigenvalue weighted by Crippen LogP contribution is 2.47. The Morgan fingerprint density at radius 2 is 1.94 bits per heavy atom. The smallest absolute Gasteiger partial charge is 0.0962 e. The average Bonchev–Trinajstić information content (AvgIpc) is 2.47. The predicted octanol–water partition coefficient (Wildman–Crippen LogP) is 3.21. The van der Waals surface area contributed by atoms with E-state index in [0.717, 1.165) is 11.3 Å². The van der Waals surface area contributed by atoms with Crippen molar-refractivity contribution in [2.75, 3.05) is 11.9 Å². The van der Waals surface area contributed by atoms with Crippen LogP contribution in [0.2, 0.25) is 0 Å². The highest BCUT2D eigenvalue weighted by Gasteiger charge is 2.39. The Hall–Kier alpha value is -1.75. The maximum absolute atomic E-state index is 9.09. The van der Waals surface area contributed by atoms with E-state index >= 15 is 0 Å². The van der Waals surface area contributed by atoms with Gasteiger partial charge in [0.15, 0.2) is 0 Å². The first-order chi connectivity index (χ1) is 7.50. The number of anilines is 1. The first-order valence-electron chi connectivity index (χ1n) is 5.45. The normalized spacial score (nSPS) is 20.3. The van der Waals surface area contributed by atoms with Crippen molar-refractivity contribution < 1.29 is 0 Å². The molecular weight excluding hydrogens is 196 g/mol. The third kappa shape index (κ3) is 1.25. The molecule has 1 aliphatic rings. The molecule has 0 atom stereocenters. The Bertz CT molecular complexity index is 504. The highest BCUT2D eigenvalue weighted by atomic mass is 15.2. The van der Waals surface area contributed by atoms with Gasteiger partial charge in [0.05, 0.1) is 6.07 Å². The second-order valence-electron chi connectivity index (χ2n) is 4.79. The molecule has 2 rings (SSSR count). The quantitative estimate of drug-likeness (QED) is 0.617. The second kappa shape index (κ2) is 3.38. The van der Waals surface area contributed by atoms with Gasteiger partial charge in [0.25, 0.3) is 0 Å². The fourth-order valence-electron chi connectivity index (χ4n) is 2.74. The first-order valence-corrected chi connectivity index (χ1v) is 5.45. The van der Waals surface area contributed by atoms with E-state index in [0.29, 0.717) is 0 Å². The van der Waals surface area contributed by atoms with Gasteiger partial charge in [-0.05, 0) is 18.6 Å². The molecule has 0 N–H and O–H groups in total. The Morgan fingerprint density at radius 3 is 2.50 bits per heavy atom. The molecule has 0 amide bonds. The molecule has 2 heteroatoms. The van der Waals surface area contributed by atoms with Gasteiger partial charge in [0.2, 0.25) is 0 Å². The second-order valence-corrected chi connectivity index (χ2v) is 4.79. The third-order valence-corrected chi connectivity index (χ3v) is 3.39.